The molecule has 7 heterocycles. The molecule has 5 aliphatic rings. The number of halogens is 1. The second-order valence-electron chi connectivity index (χ2n) is 14.1. The minimum atomic E-state index is -0.411. The summed E-state index contributed by atoms with van der Waals surface area (Å²) in [5.41, 5.74) is 5.90. The van der Waals surface area contributed by atoms with Crippen LogP contribution < -0.4 is 15.4 Å². The number of hydrogen-bond acceptors (Lipinski definition) is 6. The van der Waals surface area contributed by atoms with E-state index in [0.717, 1.165) is 86.7 Å². The molecule has 4 N–H and O–H groups in total. The lowest BCUT2D eigenvalue weighted by Gasteiger charge is -2.30. The SMILES string of the molecule is CCc1ccc(C2Oc3cc(-c4cnc(C5CC6CC6N5)[nH]4)cc(F)c3-c3cc4cc(-c5cnc(C6CC7CC7N6)[nH]5)ccc4n32)s1. The van der Waals surface area contributed by atoms with E-state index in [1.807, 2.05) is 18.5 Å². The fraction of sp³-hybridized carbons (Fsp3) is 0.351. The van der Waals surface area contributed by atoms with Crippen molar-refractivity contribution in [2.75, 3.05) is 0 Å². The third-order valence-corrected chi connectivity index (χ3v) is 12.4. The Kier molecular flexibility index (Phi) is 5.50. The van der Waals surface area contributed by atoms with Gasteiger partial charge in [0, 0.05) is 33.5 Å². The standard InChI is InChI=1S/C37H34FN7OS/c1-2-22-4-6-33(47-22)37-45-30-5-3-17(28-15-39-35(43-28)26-11-19-9-24(19)41-26)7-21(30)13-31(45)34-23(38)8-18(14-32(34)46-37)29-16-40-36(44-29)27-12-20-10-25(20)42-27/h3-8,13-16,19-20,24-27,37,41-42H,2,9-12H2,1H3,(H,39,43)(H,40,44). The third kappa shape index (κ3) is 4.17. The van der Waals surface area contributed by atoms with E-state index in [4.69, 9.17) is 9.72 Å². The van der Waals surface area contributed by atoms with Gasteiger partial charge in [-0.05, 0) is 86.4 Å². The molecule has 0 radical (unpaired) electrons. The molecule has 8 nitrogen and oxygen atoms in total. The van der Waals surface area contributed by atoms with Crippen LogP contribution in [0.5, 0.6) is 5.75 Å². The van der Waals surface area contributed by atoms with Crippen molar-refractivity contribution in [2.45, 2.75) is 69.4 Å². The Morgan fingerprint density at radius 3 is 2.23 bits per heavy atom. The summed E-state index contributed by atoms with van der Waals surface area (Å²) < 4.78 is 25.3. The summed E-state index contributed by atoms with van der Waals surface area (Å²) in [4.78, 5) is 18.9. The van der Waals surface area contributed by atoms with Crippen molar-refractivity contribution in [3.63, 3.8) is 0 Å². The van der Waals surface area contributed by atoms with Crippen LogP contribution in [0.4, 0.5) is 4.39 Å². The van der Waals surface area contributed by atoms with Crippen LogP contribution in [-0.4, -0.2) is 36.6 Å². The molecule has 11 rings (SSSR count). The minimum absolute atomic E-state index is 0.237. The van der Waals surface area contributed by atoms with E-state index in [-0.39, 0.29) is 11.9 Å². The average Bonchev–Trinajstić information content (AvgIpc) is 3.64. The molecule has 2 aromatic carbocycles. The van der Waals surface area contributed by atoms with Crippen molar-refractivity contribution in [3.8, 4) is 39.5 Å². The first-order chi connectivity index (χ1) is 23.1. The summed E-state index contributed by atoms with van der Waals surface area (Å²) in [6.07, 6.45) is 9.12. The number of hydrogen-bond donors (Lipinski definition) is 4. The van der Waals surface area contributed by atoms with Crippen molar-refractivity contribution in [1.29, 1.82) is 0 Å². The number of aromatic amines is 2. The molecule has 2 aliphatic carbocycles. The molecule has 47 heavy (non-hydrogen) atoms. The number of benzene rings is 2. The van der Waals surface area contributed by atoms with Crippen molar-refractivity contribution in [2.24, 2.45) is 11.8 Å². The molecule has 2 saturated heterocycles. The lowest BCUT2D eigenvalue weighted by Crippen LogP contribution is -2.22. The van der Waals surface area contributed by atoms with Gasteiger partial charge in [-0.1, -0.05) is 13.0 Å². The minimum Gasteiger partial charge on any atom is -0.464 e. The second kappa shape index (κ2) is 9.65. The molecule has 0 bridgehead atoms. The van der Waals surface area contributed by atoms with Crippen LogP contribution in [0.3, 0.4) is 0 Å². The number of aryl methyl sites for hydroxylation is 1. The van der Waals surface area contributed by atoms with Crippen LogP contribution in [0.2, 0.25) is 0 Å². The Labute approximate surface area is 274 Å². The van der Waals surface area contributed by atoms with Crippen LogP contribution in [0.25, 0.3) is 44.7 Å². The summed E-state index contributed by atoms with van der Waals surface area (Å²) in [5.74, 6) is 3.74. The number of nitrogens with one attached hydrogen (secondary N) is 4. The number of nitrogens with zero attached hydrogens (tertiary/aromatic N) is 3. The van der Waals surface area contributed by atoms with Gasteiger partial charge in [0.15, 0.2) is 0 Å². The zero-order valence-electron chi connectivity index (χ0n) is 25.9. The number of imidazole rings is 2. The molecule has 4 fully saturated rings. The molecular weight excluding hydrogens is 610 g/mol. The Morgan fingerprint density at radius 1 is 0.851 bits per heavy atom. The number of H-pyrrole nitrogens is 2. The predicted octanol–water partition coefficient (Wildman–Crippen LogP) is 7.64. The van der Waals surface area contributed by atoms with Gasteiger partial charge in [-0.2, -0.15) is 0 Å². The molecule has 2 saturated carbocycles. The molecule has 6 aromatic rings. The zero-order valence-corrected chi connectivity index (χ0v) is 26.7. The van der Waals surface area contributed by atoms with Gasteiger partial charge in [0.05, 0.1) is 57.5 Å². The van der Waals surface area contributed by atoms with Crippen molar-refractivity contribution >= 4 is 22.2 Å². The van der Waals surface area contributed by atoms with Crippen LogP contribution in [0.15, 0.2) is 60.9 Å². The lowest BCUT2D eigenvalue weighted by atomic mass is 10.0. The van der Waals surface area contributed by atoms with Gasteiger partial charge in [0.2, 0.25) is 6.23 Å². The van der Waals surface area contributed by atoms with Gasteiger partial charge in [-0.3, -0.25) is 4.57 Å². The first kappa shape index (κ1) is 26.8. The molecular formula is C37H34FN7OS. The molecule has 236 valence electrons. The highest BCUT2D eigenvalue weighted by Crippen LogP contribution is 2.49. The van der Waals surface area contributed by atoms with E-state index < -0.39 is 6.23 Å². The van der Waals surface area contributed by atoms with E-state index in [0.29, 0.717) is 29.4 Å². The van der Waals surface area contributed by atoms with Gasteiger partial charge in [0.1, 0.15) is 23.2 Å². The first-order valence-electron chi connectivity index (χ1n) is 16.9. The molecule has 0 spiro atoms. The molecule has 10 heteroatoms. The summed E-state index contributed by atoms with van der Waals surface area (Å²) in [6.45, 7) is 2.17. The largest absolute Gasteiger partial charge is 0.464 e. The average molecular weight is 644 g/mol. The number of fused-ring (bicyclic) bond motifs is 7. The topological polar surface area (TPSA) is 95.6 Å². The Hall–Kier alpha value is -4.25. The van der Waals surface area contributed by atoms with Gasteiger partial charge in [-0.25, -0.2) is 14.4 Å². The van der Waals surface area contributed by atoms with E-state index in [1.54, 1.807) is 17.4 Å². The van der Waals surface area contributed by atoms with E-state index >= 15 is 4.39 Å². The maximum absolute atomic E-state index is 16.3. The molecule has 7 atom stereocenters. The second-order valence-corrected chi connectivity index (χ2v) is 15.3. The number of aromatic nitrogens is 5. The smallest absolute Gasteiger partial charge is 0.212 e. The van der Waals surface area contributed by atoms with Gasteiger partial charge < -0.3 is 25.3 Å². The summed E-state index contributed by atoms with van der Waals surface area (Å²) in [6, 6.07) is 18.3. The number of thiophene rings is 1. The number of piperidine rings is 2. The van der Waals surface area contributed by atoms with E-state index in [1.165, 1.54) is 17.7 Å². The monoisotopic (exact) mass is 643 g/mol. The fourth-order valence-corrected chi connectivity index (χ4v) is 9.36. The Bertz CT molecular complexity index is 2210. The first-order valence-corrected chi connectivity index (χ1v) is 17.7. The van der Waals surface area contributed by atoms with Crippen molar-refractivity contribution in [1.82, 2.24) is 35.1 Å². The van der Waals surface area contributed by atoms with Crippen LogP contribution in [0, 0.1) is 17.7 Å². The maximum Gasteiger partial charge on any atom is 0.212 e. The van der Waals surface area contributed by atoms with Gasteiger partial charge in [-0.15, -0.1) is 11.3 Å². The van der Waals surface area contributed by atoms with Crippen LogP contribution in [-0.2, 0) is 6.42 Å². The van der Waals surface area contributed by atoms with E-state index in [9.17, 15) is 0 Å². The van der Waals surface area contributed by atoms with Crippen molar-refractivity contribution in [3.05, 3.63) is 88.1 Å². The highest BCUT2D eigenvalue weighted by Gasteiger charge is 2.47. The zero-order chi connectivity index (χ0) is 31.0. The normalized spacial score (nSPS) is 28.2. The van der Waals surface area contributed by atoms with Crippen LogP contribution >= 0.6 is 11.3 Å². The number of ether oxygens (including phenoxy) is 1. The number of rotatable bonds is 6. The maximum atomic E-state index is 16.3. The molecule has 3 aliphatic heterocycles. The summed E-state index contributed by atoms with van der Waals surface area (Å²) >= 11 is 1.75. The quantitative estimate of drug-likeness (QED) is 0.150. The lowest BCUT2D eigenvalue weighted by molar-refractivity contribution is 0.176. The van der Waals surface area contributed by atoms with Crippen molar-refractivity contribution < 1.29 is 9.13 Å². The molecule has 7 unspecified atom stereocenters. The molecule has 0 amide bonds. The third-order valence-electron chi connectivity index (χ3n) is 11.1. The Morgan fingerprint density at radius 2 is 1.57 bits per heavy atom. The van der Waals surface area contributed by atoms with Gasteiger partial charge in [0.25, 0.3) is 0 Å². The summed E-state index contributed by atoms with van der Waals surface area (Å²) in [7, 11) is 0. The highest BCUT2D eigenvalue weighted by atomic mass is 32.1. The van der Waals surface area contributed by atoms with Crippen LogP contribution in [0.1, 0.15) is 72.3 Å². The molecule has 4 aromatic heterocycles. The fourth-order valence-electron chi connectivity index (χ4n) is 8.39. The Balaban J connectivity index is 0.998. The van der Waals surface area contributed by atoms with E-state index in [2.05, 4.69) is 73.5 Å². The van der Waals surface area contributed by atoms with Gasteiger partial charge >= 0.3 is 0 Å². The summed E-state index contributed by atoms with van der Waals surface area (Å²) in [5, 5.41) is 8.38. The predicted molar refractivity (Wildman–Crippen MR) is 180 cm³/mol. The highest BCUT2D eigenvalue weighted by molar-refractivity contribution is 7.12.